The highest BCUT2D eigenvalue weighted by molar-refractivity contribution is 5.85. The van der Waals surface area contributed by atoms with Gasteiger partial charge in [0.25, 0.3) is 0 Å². The predicted octanol–water partition coefficient (Wildman–Crippen LogP) is 2.15. The summed E-state index contributed by atoms with van der Waals surface area (Å²) in [7, 11) is 0. The Labute approximate surface area is 104 Å². The molecule has 98 valence electrons. The Morgan fingerprint density at radius 2 is 2.00 bits per heavy atom. The Balaban J connectivity index is 0.00000144. The molecule has 4 N–H and O–H groups in total. The summed E-state index contributed by atoms with van der Waals surface area (Å²) in [5.74, 6) is -0.473. The smallest absolute Gasteiger partial charge is 0.327 e. The van der Waals surface area contributed by atoms with Crippen molar-refractivity contribution in [3.63, 3.8) is 0 Å². The van der Waals surface area contributed by atoms with Gasteiger partial charge in [0, 0.05) is 12.6 Å². The van der Waals surface area contributed by atoms with Crippen molar-refractivity contribution in [1.29, 1.82) is 0 Å². The molecule has 0 amide bonds. The second kappa shape index (κ2) is 4.63. The van der Waals surface area contributed by atoms with Crippen molar-refractivity contribution in [3.8, 4) is 0 Å². The van der Waals surface area contributed by atoms with Crippen molar-refractivity contribution in [3.05, 3.63) is 23.8 Å². The Bertz CT molecular complexity index is 351. The van der Waals surface area contributed by atoms with E-state index in [2.05, 4.69) is 0 Å². The molecular weight excluding hydrogens is 253 g/mol. The zero-order chi connectivity index (χ0) is 12.0. The van der Waals surface area contributed by atoms with Gasteiger partial charge in [0.1, 0.15) is 0 Å². The van der Waals surface area contributed by atoms with Gasteiger partial charge in [-0.3, -0.25) is 0 Å². The first kappa shape index (κ1) is 14.5. The number of nitrogens with two attached hydrogens (primary N) is 2. The van der Waals surface area contributed by atoms with Crippen LogP contribution in [0.3, 0.4) is 0 Å². The number of allylic oxidation sites excluding steroid dienone is 2. The lowest BCUT2D eigenvalue weighted by Crippen LogP contribution is -2.41. The maximum absolute atomic E-state index is 13.1. The normalized spacial score (nSPS) is 36.2. The van der Waals surface area contributed by atoms with Crippen LogP contribution in [-0.4, -0.2) is 18.8 Å². The van der Waals surface area contributed by atoms with E-state index >= 15 is 0 Å². The lowest BCUT2D eigenvalue weighted by atomic mass is 9.75. The summed E-state index contributed by atoms with van der Waals surface area (Å²) in [6.07, 6.45) is 0.514. The van der Waals surface area contributed by atoms with Crippen LogP contribution in [0.25, 0.3) is 0 Å². The molecule has 1 fully saturated rings. The van der Waals surface area contributed by atoms with Gasteiger partial charge in [-0.15, -0.1) is 12.4 Å². The summed E-state index contributed by atoms with van der Waals surface area (Å²) in [5, 5.41) is 0. The van der Waals surface area contributed by atoms with Crippen LogP contribution in [-0.2, 0) is 0 Å². The molecule has 0 radical (unpaired) electrons. The van der Waals surface area contributed by atoms with Gasteiger partial charge in [-0.2, -0.15) is 13.2 Å². The highest BCUT2D eigenvalue weighted by Crippen LogP contribution is 2.58. The van der Waals surface area contributed by atoms with E-state index in [4.69, 9.17) is 11.5 Å². The molecule has 2 aliphatic carbocycles. The second-order valence-electron chi connectivity index (χ2n) is 4.56. The molecule has 0 saturated heterocycles. The molecule has 0 bridgehead atoms. The minimum absolute atomic E-state index is 0. The molecule has 0 aliphatic heterocycles. The molecule has 0 aromatic heterocycles. The monoisotopic (exact) mass is 268 g/mol. The predicted molar refractivity (Wildman–Crippen MR) is 62.7 cm³/mol. The molecule has 2 rings (SSSR count). The van der Waals surface area contributed by atoms with E-state index in [1.807, 2.05) is 0 Å². The minimum Gasteiger partial charge on any atom is -0.327 e. The van der Waals surface area contributed by atoms with E-state index in [9.17, 15) is 13.2 Å². The zero-order valence-corrected chi connectivity index (χ0v) is 10.0. The van der Waals surface area contributed by atoms with Crippen LogP contribution >= 0.6 is 12.4 Å². The van der Waals surface area contributed by atoms with Gasteiger partial charge in [0.05, 0.1) is 5.41 Å². The largest absolute Gasteiger partial charge is 0.398 e. The molecule has 1 unspecified atom stereocenters. The van der Waals surface area contributed by atoms with E-state index < -0.39 is 17.5 Å². The number of alkyl halides is 3. The third kappa shape index (κ3) is 2.37. The van der Waals surface area contributed by atoms with Crippen molar-refractivity contribution in [2.75, 3.05) is 6.54 Å². The Morgan fingerprint density at radius 1 is 1.41 bits per heavy atom. The van der Waals surface area contributed by atoms with Gasteiger partial charge in [-0.05, 0) is 24.3 Å². The average Bonchev–Trinajstić information content (AvgIpc) is 2.94. The van der Waals surface area contributed by atoms with Gasteiger partial charge in [0.15, 0.2) is 0 Å². The highest BCUT2D eigenvalue weighted by Gasteiger charge is 2.63. The fourth-order valence-electron chi connectivity index (χ4n) is 2.35. The average molecular weight is 269 g/mol. The quantitative estimate of drug-likeness (QED) is 0.806. The number of hydrogen-bond donors (Lipinski definition) is 2. The fraction of sp³-hybridized carbons (Fsp3) is 0.636. The van der Waals surface area contributed by atoms with Crippen LogP contribution in [0.4, 0.5) is 13.2 Å². The van der Waals surface area contributed by atoms with E-state index in [-0.39, 0.29) is 31.4 Å². The topological polar surface area (TPSA) is 52.0 Å². The summed E-state index contributed by atoms with van der Waals surface area (Å²) in [4.78, 5) is 0. The van der Waals surface area contributed by atoms with Crippen molar-refractivity contribution < 1.29 is 13.2 Å². The summed E-state index contributed by atoms with van der Waals surface area (Å²) in [6.45, 7) is 0.279. The minimum atomic E-state index is -4.24. The van der Waals surface area contributed by atoms with E-state index in [0.717, 1.165) is 5.57 Å². The molecule has 0 spiro atoms. The Morgan fingerprint density at radius 3 is 2.29 bits per heavy atom. The van der Waals surface area contributed by atoms with Crippen LogP contribution in [0.2, 0.25) is 0 Å². The molecule has 3 atom stereocenters. The maximum Gasteiger partial charge on any atom is 0.398 e. The van der Waals surface area contributed by atoms with Crippen LogP contribution in [0, 0.1) is 11.3 Å². The van der Waals surface area contributed by atoms with Crippen LogP contribution in [0.1, 0.15) is 12.8 Å². The molecule has 0 heterocycles. The maximum atomic E-state index is 13.1. The molecular formula is C11H16ClF3N2. The number of rotatable bonds is 2. The first-order valence-corrected chi connectivity index (χ1v) is 5.31. The lowest BCUT2D eigenvalue weighted by molar-refractivity contribution is -0.213. The van der Waals surface area contributed by atoms with Crippen LogP contribution in [0.5, 0.6) is 0 Å². The SMILES string of the molecule is Cl.NCC1=CCC([C@@H]2C[C@H]2N)(C(F)(F)F)C=C1. The number of halogens is 4. The third-order valence-corrected chi connectivity index (χ3v) is 3.56. The number of hydrogen-bond acceptors (Lipinski definition) is 2. The first-order chi connectivity index (χ1) is 7.40. The van der Waals surface area contributed by atoms with Gasteiger partial charge < -0.3 is 11.5 Å². The van der Waals surface area contributed by atoms with E-state index in [1.54, 1.807) is 6.08 Å². The van der Waals surface area contributed by atoms with Gasteiger partial charge >= 0.3 is 6.18 Å². The van der Waals surface area contributed by atoms with Gasteiger partial charge in [0.2, 0.25) is 0 Å². The van der Waals surface area contributed by atoms with Crippen molar-refractivity contribution in [1.82, 2.24) is 0 Å². The molecule has 0 aromatic rings. The summed E-state index contributed by atoms with van der Waals surface area (Å²) < 4.78 is 39.4. The Kier molecular flexibility index (Phi) is 3.96. The molecule has 1 saturated carbocycles. The van der Waals surface area contributed by atoms with Gasteiger partial charge in [-0.1, -0.05) is 18.2 Å². The molecule has 0 aromatic carbocycles. The van der Waals surface area contributed by atoms with Crippen molar-refractivity contribution in [2.24, 2.45) is 22.8 Å². The van der Waals surface area contributed by atoms with Crippen molar-refractivity contribution >= 4 is 12.4 Å². The Hall–Kier alpha value is -0.520. The van der Waals surface area contributed by atoms with E-state index in [0.29, 0.717) is 6.42 Å². The third-order valence-electron chi connectivity index (χ3n) is 3.56. The highest BCUT2D eigenvalue weighted by atomic mass is 35.5. The zero-order valence-electron chi connectivity index (χ0n) is 9.20. The summed E-state index contributed by atoms with van der Waals surface area (Å²) in [6, 6.07) is -0.320. The standard InChI is InChI=1S/C11H15F3N2.ClH/c12-11(13,14)10(8-5-9(8)16)3-1-7(6-15)2-4-10;/h1-3,8-9H,4-6,15-16H2;1H/t8-,9-,10?;/m1./s1. The molecule has 17 heavy (non-hydrogen) atoms. The fourth-order valence-corrected chi connectivity index (χ4v) is 2.35. The molecule has 2 aliphatic rings. The van der Waals surface area contributed by atoms with Crippen LogP contribution in [0.15, 0.2) is 23.8 Å². The second-order valence-corrected chi connectivity index (χ2v) is 4.56. The van der Waals surface area contributed by atoms with Crippen molar-refractivity contribution in [2.45, 2.75) is 25.1 Å². The summed E-state index contributed by atoms with van der Waals surface area (Å²) >= 11 is 0. The van der Waals surface area contributed by atoms with Gasteiger partial charge in [-0.25, -0.2) is 0 Å². The summed E-state index contributed by atoms with van der Waals surface area (Å²) in [5.41, 5.74) is 9.96. The molecule has 2 nitrogen and oxygen atoms in total. The lowest BCUT2D eigenvalue weighted by Gasteiger charge is -2.35. The van der Waals surface area contributed by atoms with E-state index in [1.165, 1.54) is 12.2 Å². The van der Waals surface area contributed by atoms with Crippen LogP contribution < -0.4 is 11.5 Å². The molecule has 6 heteroatoms. The first-order valence-electron chi connectivity index (χ1n) is 5.31.